The van der Waals surface area contributed by atoms with Gasteiger partial charge in [-0.2, -0.15) is 0 Å². The molecule has 4 N–H and O–H groups in total. The smallest absolute Gasteiger partial charge is 0.255 e. The third-order valence-corrected chi connectivity index (χ3v) is 6.59. The Morgan fingerprint density at radius 3 is 2.42 bits per heavy atom. The molecule has 2 aromatic carbocycles. The minimum absolute atomic E-state index is 0.0891. The first-order valence-electron chi connectivity index (χ1n) is 13.7. The van der Waals surface area contributed by atoms with E-state index in [1.807, 2.05) is 44.4 Å². The predicted octanol–water partition coefficient (Wildman–Crippen LogP) is 1.65. The molecule has 2 atom stereocenters. The fourth-order valence-electron chi connectivity index (χ4n) is 4.36. The Bertz CT molecular complexity index is 1170. The van der Waals surface area contributed by atoms with Crippen LogP contribution >= 0.6 is 0 Å². The highest BCUT2D eigenvalue weighted by Gasteiger charge is 2.34. The Morgan fingerprint density at radius 1 is 1.00 bits per heavy atom. The number of hydrogen-bond acceptors (Lipinski definition) is 6. The van der Waals surface area contributed by atoms with Gasteiger partial charge in [0.15, 0.2) is 0 Å². The summed E-state index contributed by atoms with van der Waals surface area (Å²) in [5.41, 5.74) is -0.0412. The molecule has 0 radical (unpaired) electrons. The average Bonchev–Trinajstić information content (AvgIpc) is 2.90. The molecule has 0 saturated carbocycles. The minimum Gasteiger partial charge on any atom is -0.491 e. The van der Waals surface area contributed by atoms with Gasteiger partial charge in [0.05, 0.1) is 18.0 Å². The zero-order chi connectivity index (χ0) is 29.1. The van der Waals surface area contributed by atoms with E-state index in [4.69, 9.17) is 4.74 Å². The summed E-state index contributed by atoms with van der Waals surface area (Å²) in [5, 5.41) is 11.2. The van der Waals surface area contributed by atoms with Crippen molar-refractivity contribution in [2.45, 2.75) is 57.2 Å². The summed E-state index contributed by atoms with van der Waals surface area (Å²) in [6.45, 7) is 4.59. The number of carbonyl (C=O) groups is 4. The van der Waals surface area contributed by atoms with Crippen LogP contribution in [0.4, 0.5) is 0 Å². The van der Waals surface area contributed by atoms with Crippen molar-refractivity contribution in [1.29, 1.82) is 0 Å². The van der Waals surface area contributed by atoms with Gasteiger partial charge in [-0.05, 0) is 71.4 Å². The summed E-state index contributed by atoms with van der Waals surface area (Å²) < 4.78 is 6.06. The zero-order valence-corrected chi connectivity index (χ0v) is 23.8. The molecule has 0 saturated heterocycles. The van der Waals surface area contributed by atoms with E-state index in [0.717, 1.165) is 24.9 Å². The van der Waals surface area contributed by atoms with Crippen LogP contribution in [-0.2, 0) is 20.8 Å². The van der Waals surface area contributed by atoms with Gasteiger partial charge in [-0.3, -0.25) is 19.2 Å². The van der Waals surface area contributed by atoms with Crippen molar-refractivity contribution in [3.8, 4) is 5.75 Å². The Balaban J connectivity index is 1.83. The van der Waals surface area contributed by atoms with Gasteiger partial charge in [-0.25, -0.2) is 0 Å². The summed E-state index contributed by atoms with van der Waals surface area (Å²) >= 11 is 0. The van der Waals surface area contributed by atoms with Gasteiger partial charge in [-0.1, -0.05) is 42.5 Å². The van der Waals surface area contributed by atoms with Crippen molar-refractivity contribution < 1.29 is 23.9 Å². The molecule has 10 heteroatoms. The van der Waals surface area contributed by atoms with Gasteiger partial charge in [0.1, 0.15) is 23.9 Å². The van der Waals surface area contributed by atoms with Crippen LogP contribution in [0.25, 0.3) is 0 Å². The molecule has 0 spiro atoms. The quantitative estimate of drug-likeness (QED) is 0.370. The van der Waals surface area contributed by atoms with E-state index in [-0.39, 0.29) is 24.5 Å². The number of benzene rings is 2. The van der Waals surface area contributed by atoms with Gasteiger partial charge in [0.2, 0.25) is 17.7 Å². The molecule has 10 nitrogen and oxygen atoms in total. The molecule has 1 aliphatic rings. The number of rotatable bonds is 8. The Hall–Kier alpha value is -3.92. The second kappa shape index (κ2) is 14.5. The third kappa shape index (κ3) is 9.37. The fraction of sp³-hybridized carbons (Fsp3) is 0.467. The average molecular weight is 552 g/mol. The van der Waals surface area contributed by atoms with E-state index in [0.29, 0.717) is 18.7 Å². The second-order valence-corrected chi connectivity index (χ2v) is 10.9. The maximum atomic E-state index is 13.3. The van der Waals surface area contributed by atoms with Crippen molar-refractivity contribution in [2.24, 2.45) is 0 Å². The SMILES string of the molecule is CN(C)CCCCNC(=O)[C@@H]1CC(=O)NC(C)(C)C(=O)N[C@H](Cc2ccccc2)COc2ccccc2C(=O)N1. The summed E-state index contributed by atoms with van der Waals surface area (Å²) in [6, 6.07) is 14.8. The molecule has 40 heavy (non-hydrogen) atoms. The van der Waals surface area contributed by atoms with E-state index >= 15 is 0 Å². The topological polar surface area (TPSA) is 129 Å². The molecule has 0 unspecified atom stereocenters. The number of para-hydroxylation sites is 1. The lowest BCUT2D eigenvalue weighted by Gasteiger charge is -2.30. The molecule has 216 valence electrons. The number of carbonyl (C=O) groups excluding carboxylic acids is 4. The van der Waals surface area contributed by atoms with E-state index in [9.17, 15) is 19.2 Å². The second-order valence-electron chi connectivity index (χ2n) is 10.9. The van der Waals surface area contributed by atoms with E-state index < -0.39 is 35.3 Å². The van der Waals surface area contributed by atoms with Gasteiger partial charge < -0.3 is 30.9 Å². The normalized spacial score (nSPS) is 19.8. The fourth-order valence-corrected chi connectivity index (χ4v) is 4.36. The molecule has 0 fully saturated rings. The highest BCUT2D eigenvalue weighted by molar-refractivity contribution is 6.01. The van der Waals surface area contributed by atoms with Crippen molar-refractivity contribution in [1.82, 2.24) is 26.2 Å². The van der Waals surface area contributed by atoms with Crippen LogP contribution in [0.5, 0.6) is 5.75 Å². The number of nitrogens with one attached hydrogen (secondary N) is 4. The lowest BCUT2D eigenvalue weighted by atomic mass is 10.0. The van der Waals surface area contributed by atoms with Crippen molar-refractivity contribution >= 4 is 23.6 Å². The van der Waals surface area contributed by atoms with Crippen LogP contribution in [0.15, 0.2) is 54.6 Å². The monoisotopic (exact) mass is 551 g/mol. The first kappa shape index (κ1) is 30.6. The maximum absolute atomic E-state index is 13.3. The number of fused-ring (bicyclic) bond motifs is 1. The Labute approximate surface area is 236 Å². The predicted molar refractivity (Wildman–Crippen MR) is 153 cm³/mol. The van der Waals surface area contributed by atoms with Gasteiger partial charge in [-0.15, -0.1) is 0 Å². The van der Waals surface area contributed by atoms with Crippen molar-refractivity contribution in [3.05, 3.63) is 65.7 Å². The standard InChI is InChI=1S/C30H41N5O5/c1-30(2)29(39)32-22(18-21-12-6-5-7-13-21)20-40-25-15-9-8-14-23(25)27(37)33-24(19-26(36)34-30)28(38)31-16-10-11-17-35(3)4/h5-9,12-15,22,24H,10-11,16-20H2,1-4H3,(H,31,38)(H,32,39)(H,33,37)(H,34,36)/t22-,24+/m1/s1. The molecule has 0 aliphatic carbocycles. The highest BCUT2D eigenvalue weighted by Crippen LogP contribution is 2.20. The molecule has 4 amide bonds. The summed E-state index contributed by atoms with van der Waals surface area (Å²) in [6.07, 6.45) is 1.80. The molecule has 1 heterocycles. The van der Waals surface area contributed by atoms with Gasteiger partial charge in [0, 0.05) is 6.54 Å². The number of nitrogens with zero attached hydrogens (tertiary/aromatic N) is 1. The van der Waals surface area contributed by atoms with E-state index in [1.165, 1.54) is 0 Å². The molecule has 3 rings (SSSR count). The molecule has 0 bridgehead atoms. The van der Waals surface area contributed by atoms with Crippen molar-refractivity contribution in [3.63, 3.8) is 0 Å². The lowest BCUT2D eigenvalue weighted by molar-refractivity contribution is -0.134. The Morgan fingerprint density at radius 2 is 1.70 bits per heavy atom. The highest BCUT2D eigenvalue weighted by atomic mass is 16.5. The molecule has 0 aromatic heterocycles. The first-order chi connectivity index (χ1) is 19.0. The van der Waals surface area contributed by atoms with Gasteiger partial charge in [0.25, 0.3) is 5.91 Å². The minimum atomic E-state index is -1.27. The zero-order valence-electron chi connectivity index (χ0n) is 23.8. The van der Waals surface area contributed by atoms with Crippen LogP contribution in [0.3, 0.4) is 0 Å². The Kier molecular flexibility index (Phi) is 11.1. The van der Waals surface area contributed by atoms with Crippen LogP contribution in [-0.4, -0.2) is 79.9 Å². The van der Waals surface area contributed by atoms with E-state index in [1.54, 1.807) is 38.1 Å². The van der Waals surface area contributed by atoms with E-state index in [2.05, 4.69) is 26.2 Å². The van der Waals surface area contributed by atoms with Crippen molar-refractivity contribution in [2.75, 3.05) is 33.8 Å². The molecular weight excluding hydrogens is 510 g/mol. The van der Waals surface area contributed by atoms with Crippen LogP contribution in [0.1, 0.15) is 49.0 Å². The number of hydrogen-bond donors (Lipinski definition) is 4. The first-order valence-corrected chi connectivity index (χ1v) is 13.7. The largest absolute Gasteiger partial charge is 0.491 e. The summed E-state index contributed by atoms with van der Waals surface area (Å²) in [5.74, 6) is -1.60. The number of unbranched alkanes of at least 4 members (excludes halogenated alkanes) is 1. The third-order valence-electron chi connectivity index (χ3n) is 6.59. The number of ether oxygens (including phenoxy) is 1. The van der Waals surface area contributed by atoms with Crippen LogP contribution in [0, 0.1) is 0 Å². The lowest BCUT2D eigenvalue weighted by Crippen LogP contribution is -2.59. The van der Waals surface area contributed by atoms with Crippen LogP contribution < -0.4 is 26.0 Å². The van der Waals surface area contributed by atoms with Gasteiger partial charge >= 0.3 is 0 Å². The molecule has 2 aromatic rings. The molecular formula is C30H41N5O5. The summed E-state index contributed by atoms with van der Waals surface area (Å²) in [7, 11) is 3.96. The van der Waals surface area contributed by atoms with Crippen LogP contribution in [0.2, 0.25) is 0 Å². The maximum Gasteiger partial charge on any atom is 0.255 e. The molecule has 1 aliphatic heterocycles. The summed E-state index contributed by atoms with van der Waals surface area (Å²) in [4.78, 5) is 54.8. The number of amides is 4.